The van der Waals surface area contributed by atoms with Crippen LogP contribution in [-0.2, 0) is 9.59 Å². The van der Waals surface area contributed by atoms with Gasteiger partial charge in [0.05, 0.1) is 5.25 Å². The molecule has 0 aromatic rings. The van der Waals surface area contributed by atoms with Crippen molar-refractivity contribution >= 4 is 24.4 Å². The summed E-state index contributed by atoms with van der Waals surface area (Å²) in [4.78, 5) is 26.6. The van der Waals surface area contributed by atoms with Crippen LogP contribution in [0, 0.1) is 0 Å². The van der Waals surface area contributed by atoms with Gasteiger partial charge in [0.2, 0.25) is 11.8 Å². The molecule has 1 rings (SSSR count). The first-order chi connectivity index (χ1) is 7.06. The second-order valence-corrected chi connectivity index (χ2v) is 4.51. The number of hydrogen-bond donors (Lipinski definition) is 1. The molecule has 0 spiro atoms. The van der Waals surface area contributed by atoms with Crippen LogP contribution in [0.5, 0.6) is 0 Å². The van der Waals surface area contributed by atoms with E-state index in [0.29, 0.717) is 32.6 Å². The summed E-state index contributed by atoms with van der Waals surface area (Å²) in [5.74, 6) is 0.225. The van der Waals surface area contributed by atoms with E-state index in [1.165, 1.54) is 0 Å². The average Bonchev–Trinajstić information content (AvgIpc) is 2.27. The van der Waals surface area contributed by atoms with Crippen LogP contribution < -0.4 is 0 Å². The largest absolute Gasteiger partial charge is 0.339 e. The van der Waals surface area contributed by atoms with Gasteiger partial charge in [0, 0.05) is 32.6 Å². The fraction of sp³-hybridized carbons (Fsp3) is 0.800. The molecule has 4 nitrogen and oxygen atoms in total. The molecular weight excluding hydrogens is 212 g/mol. The minimum atomic E-state index is -0.251. The lowest BCUT2D eigenvalue weighted by molar-refractivity contribution is -0.138. The van der Waals surface area contributed by atoms with Crippen molar-refractivity contribution in [1.82, 2.24) is 9.80 Å². The van der Waals surface area contributed by atoms with Crippen LogP contribution in [0.1, 0.15) is 20.3 Å². The van der Waals surface area contributed by atoms with Crippen LogP contribution in [0.15, 0.2) is 0 Å². The first-order valence-corrected chi connectivity index (χ1v) is 5.82. The van der Waals surface area contributed by atoms with Crippen LogP contribution in [-0.4, -0.2) is 53.0 Å². The number of carbonyl (C=O) groups is 2. The molecule has 0 radical (unpaired) electrons. The summed E-state index contributed by atoms with van der Waals surface area (Å²) in [7, 11) is 0. The monoisotopic (exact) mass is 230 g/mol. The Kier molecular flexibility index (Phi) is 4.45. The molecule has 1 saturated heterocycles. The van der Waals surface area contributed by atoms with Crippen LogP contribution in [0.2, 0.25) is 0 Å². The summed E-state index contributed by atoms with van der Waals surface area (Å²) in [6, 6.07) is 0. The lowest BCUT2D eigenvalue weighted by Gasteiger charge is -2.35. The zero-order valence-corrected chi connectivity index (χ0v) is 10.2. The summed E-state index contributed by atoms with van der Waals surface area (Å²) >= 11 is 4.11. The van der Waals surface area contributed by atoms with E-state index >= 15 is 0 Å². The lowest BCUT2D eigenvalue weighted by atomic mass is 10.2. The molecule has 2 amide bonds. The van der Waals surface area contributed by atoms with Gasteiger partial charge in [-0.1, -0.05) is 6.92 Å². The molecule has 0 saturated carbocycles. The van der Waals surface area contributed by atoms with Gasteiger partial charge in [0.1, 0.15) is 0 Å². The normalized spacial score (nSPS) is 18.9. The number of rotatable bonds is 2. The van der Waals surface area contributed by atoms with Crippen molar-refractivity contribution in [3.05, 3.63) is 0 Å². The molecule has 1 aliphatic rings. The minimum absolute atomic E-state index is 0.0573. The van der Waals surface area contributed by atoms with Crippen molar-refractivity contribution in [2.75, 3.05) is 26.2 Å². The van der Waals surface area contributed by atoms with Crippen molar-refractivity contribution in [3.63, 3.8) is 0 Å². The Morgan fingerprint density at radius 3 is 2.07 bits per heavy atom. The number of hydrogen-bond acceptors (Lipinski definition) is 3. The van der Waals surface area contributed by atoms with Gasteiger partial charge >= 0.3 is 0 Å². The third-order valence-electron chi connectivity index (χ3n) is 2.60. The Morgan fingerprint density at radius 2 is 1.67 bits per heavy atom. The van der Waals surface area contributed by atoms with E-state index in [0.717, 1.165) is 0 Å². The van der Waals surface area contributed by atoms with Crippen molar-refractivity contribution in [2.45, 2.75) is 25.5 Å². The van der Waals surface area contributed by atoms with Gasteiger partial charge in [-0.25, -0.2) is 0 Å². The summed E-state index contributed by atoms with van der Waals surface area (Å²) in [5.41, 5.74) is 0. The van der Waals surface area contributed by atoms with E-state index in [2.05, 4.69) is 12.6 Å². The quantitative estimate of drug-likeness (QED) is 0.697. The first-order valence-electron chi connectivity index (χ1n) is 5.31. The summed E-state index contributed by atoms with van der Waals surface area (Å²) < 4.78 is 0. The number of thiol groups is 1. The second kappa shape index (κ2) is 5.39. The molecule has 1 atom stereocenters. The summed E-state index contributed by atoms with van der Waals surface area (Å²) in [6.45, 7) is 6.20. The zero-order valence-electron chi connectivity index (χ0n) is 9.27. The van der Waals surface area contributed by atoms with E-state index in [1.807, 2.05) is 11.8 Å². The number of carbonyl (C=O) groups excluding carboxylic acids is 2. The smallest absolute Gasteiger partial charge is 0.235 e. The Balaban J connectivity index is 2.42. The highest BCUT2D eigenvalue weighted by Crippen LogP contribution is 2.07. The third kappa shape index (κ3) is 3.12. The molecular formula is C10H18N2O2S. The van der Waals surface area contributed by atoms with Gasteiger partial charge in [0.25, 0.3) is 0 Å². The van der Waals surface area contributed by atoms with E-state index < -0.39 is 0 Å². The molecule has 0 bridgehead atoms. The molecule has 0 aliphatic carbocycles. The van der Waals surface area contributed by atoms with Crippen LogP contribution in [0.25, 0.3) is 0 Å². The maximum atomic E-state index is 11.6. The molecule has 0 N–H and O–H groups in total. The van der Waals surface area contributed by atoms with E-state index in [4.69, 9.17) is 0 Å². The van der Waals surface area contributed by atoms with E-state index in [1.54, 1.807) is 11.8 Å². The van der Waals surface area contributed by atoms with Crippen LogP contribution in [0.4, 0.5) is 0 Å². The molecule has 1 heterocycles. The van der Waals surface area contributed by atoms with Gasteiger partial charge in [-0.05, 0) is 6.92 Å². The highest BCUT2D eigenvalue weighted by molar-refractivity contribution is 7.81. The summed E-state index contributed by atoms with van der Waals surface area (Å²) in [5, 5.41) is -0.251. The second-order valence-electron chi connectivity index (χ2n) is 3.74. The van der Waals surface area contributed by atoms with Crippen molar-refractivity contribution < 1.29 is 9.59 Å². The third-order valence-corrected chi connectivity index (χ3v) is 2.82. The highest BCUT2D eigenvalue weighted by atomic mass is 32.1. The Morgan fingerprint density at radius 1 is 1.20 bits per heavy atom. The maximum Gasteiger partial charge on any atom is 0.235 e. The molecule has 86 valence electrons. The SMILES string of the molecule is CCC(=O)N1CCN(C(=O)C(C)S)CC1. The van der Waals surface area contributed by atoms with Crippen molar-refractivity contribution in [1.29, 1.82) is 0 Å². The predicted octanol–water partition coefficient (Wildman–Crippen LogP) is 0.385. The highest BCUT2D eigenvalue weighted by Gasteiger charge is 2.24. The van der Waals surface area contributed by atoms with Gasteiger partial charge < -0.3 is 9.80 Å². The zero-order chi connectivity index (χ0) is 11.4. The maximum absolute atomic E-state index is 11.6. The molecule has 1 fully saturated rings. The molecule has 0 aromatic carbocycles. The Labute approximate surface area is 96.0 Å². The first kappa shape index (κ1) is 12.4. The predicted molar refractivity (Wildman–Crippen MR) is 61.9 cm³/mol. The van der Waals surface area contributed by atoms with E-state index in [-0.39, 0.29) is 17.1 Å². The van der Waals surface area contributed by atoms with Crippen LogP contribution in [0.3, 0.4) is 0 Å². The number of amides is 2. The number of piperazine rings is 1. The van der Waals surface area contributed by atoms with E-state index in [9.17, 15) is 9.59 Å². The molecule has 1 unspecified atom stereocenters. The molecule has 5 heteroatoms. The van der Waals surface area contributed by atoms with Crippen LogP contribution >= 0.6 is 12.6 Å². The Hall–Kier alpha value is -0.710. The summed E-state index contributed by atoms with van der Waals surface area (Å²) in [6.07, 6.45) is 0.539. The average molecular weight is 230 g/mol. The van der Waals surface area contributed by atoms with Gasteiger partial charge in [-0.3, -0.25) is 9.59 Å². The Bertz CT molecular complexity index is 248. The number of nitrogens with zero attached hydrogens (tertiary/aromatic N) is 2. The molecule has 1 aliphatic heterocycles. The van der Waals surface area contributed by atoms with Gasteiger partial charge in [0.15, 0.2) is 0 Å². The molecule has 0 aromatic heterocycles. The standard InChI is InChI=1S/C10H18N2O2S/c1-3-9(13)11-4-6-12(7-5-11)10(14)8(2)15/h8,15H,3-7H2,1-2H3. The van der Waals surface area contributed by atoms with Crippen molar-refractivity contribution in [2.24, 2.45) is 0 Å². The van der Waals surface area contributed by atoms with Crippen molar-refractivity contribution in [3.8, 4) is 0 Å². The topological polar surface area (TPSA) is 40.6 Å². The molecule has 15 heavy (non-hydrogen) atoms. The fourth-order valence-corrected chi connectivity index (χ4v) is 1.83. The van der Waals surface area contributed by atoms with Gasteiger partial charge in [-0.15, -0.1) is 0 Å². The van der Waals surface area contributed by atoms with Gasteiger partial charge in [-0.2, -0.15) is 12.6 Å². The minimum Gasteiger partial charge on any atom is -0.339 e. The fourth-order valence-electron chi connectivity index (χ4n) is 1.66. The lowest BCUT2D eigenvalue weighted by Crippen LogP contribution is -2.51.